The Morgan fingerprint density at radius 1 is 0.552 bits per heavy atom. The molecule has 0 atom stereocenters. The van der Waals surface area contributed by atoms with Gasteiger partial charge in [0, 0.05) is 39.3 Å². The van der Waals surface area contributed by atoms with Crippen LogP contribution in [0.2, 0.25) is 0 Å². The number of ketones is 1. The Morgan fingerprint density at radius 3 is 1.10 bits per heavy atom. The predicted molar refractivity (Wildman–Crippen MR) is 109 cm³/mol. The summed E-state index contributed by atoms with van der Waals surface area (Å²) in [6.45, 7) is 6.87. The summed E-state index contributed by atoms with van der Waals surface area (Å²) in [6, 6.07) is 0. The van der Waals surface area contributed by atoms with E-state index in [9.17, 15) is 19.2 Å². The predicted octanol–water partition coefficient (Wildman–Crippen LogP) is -3.36. The molecule has 1 aliphatic heterocycles. The zero-order chi connectivity index (χ0) is 21.8. The third-order valence-electron chi connectivity index (χ3n) is 4.73. The van der Waals surface area contributed by atoms with Gasteiger partial charge in [-0.15, -0.1) is 0 Å². The number of hydrogen-bond acceptors (Lipinski definition) is 8. The summed E-state index contributed by atoms with van der Waals surface area (Å²) in [5.74, 6) is -1.21. The van der Waals surface area contributed by atoms with Gasteiger partial charge in [0.2, 0.25) is 17.7 Å². The molecule has 11 heteroatoms. The molecule has 0 aromatic carbocycles. The molecule has 0 aliphatic carbocycles. The topological polar surface area (TPSA) is 159 Å². The van der Waals surface area contributed by atoms with Crippen molar-refractivity contribution in [2.24, 2.45) is 17.2 Å². The van der Waals surface area contributed by atoms with Gasteiger partial charge in [0.1, 0.15) is 5.78 Å². The van der Waals surface area contributed by atoms with Gasteiger partial charge in [0.15, 0.2) is 0 Å². The second-order valence-corrected chi connectivity index (χ2v) is 7.56. The van der Waals surface area contributed by atoms with Crippen molar-refractivity contribution in [3.05, 3.63) is 0 Å². The summed E-state index contributed by atoms with van der Waals surface area (Å²) in [4.78, 5) is 53.7. The number of carbonyl (C=O) groups is 4. The standard InChI is InChI=1S/C18H35N7O4/c1-15(26)11-24-7-5-22(12-16(19)27)3-2-4-23(13-17(20)28)6-9-25(10-8-24)14-18(21)29/h2-14H2,1H3,(H2,19,27)(H2,20,28)(H2,21,29). The summed E-state index contributed by atoms with van der Waals surface area (Å²) in [5.41, 5.74) is 16.1. The van der Waals surface area contributed by atoms with E-state index in [2.05, 4.69) is 0 Å². The van der Waals surface area contributed by atoms with E-state index >= 15 is 0 Å². The number of carbonyl (C=O) groups excluding carboxylic acids is 4. The van der Waals surface area contributed by atoms with E-state index in [0.717, 1.165) is 6.42 Å². The Kier molecular flexibility index (Phi) is 11.4. The lowest BCUT2D eigenvalue weighted by Crippen LogP contribution is -2.45. The largest absolute Gasteiger partial charge is 0.369 e. The van der Waals surface area contributed by atoms with Crippen LogP contribution in [-0.4, -0.2) is 122 Å². The average Bonchev–Trinajstić information content (AvgIpc) is 2.59. The number of Topliss-reactive ketones (excluding diaryl/α,β-unsaturated/α-hetero) is 1. The molecule has 6 N–H and O–H groups in total. The normalized spacial score (nSPS) is 19.6. The minimum Gasteiger partial charge on any atom is -0.369 e. The van der Waals surface area contributed by atoms with Crippen LogP contribution < -0.4 is 17.2 Å². The molecule has 1 aliphatic rings. The van der Waals surface area contributed by atoms with Gasteiger partial charge in [-0.05, 0) is 26.4 Å². The summed E-state index contributed by atoms with van der Waals surface area (Å²) in [5, 5.41) is 0. The molecule has 0 radical (unpaired) electrons. The van der Waals surface area contributed by atoms with E-state index in [4.69, 9.17) is 17.2 Å². The van der Waals surface area contributed by atoms with Crippen LogP contribution in [0.3, 0.4) is 0 Å². The molecule has 1 heterocycles. The smallest absolute Gasteiger partial charge is 0.231 e. The van der Waals surface area contributed by atoms with Gasteiger partial charge in [0.25, 0.3) is 0 Å². The van der Waals surface area contributed by atoms with Gasteiger partial charge >= 0.3 is 0 Å². The molecule has 1 rings (SSSR count). The first-order valence-corrected chi connectivity index (χ1v) is 9.89. The van der Waals surface area contributed by atoms with Gasteiger partial charge < -0.3 is 17.2 Å². The number of amides is 3. The number of nitrogens with two attached hydrogens (primary N) is 3. The Labute approximate surface area is 172 Å². The van der Waals surface area contributed by atoms with Crippen LogP contribution in [0, 0.1) is 0 Å². The third kappa shape index (κ3) is 12.2. The van der Waals surface area contributed by atoms with Crippen molar-refractivity contribution in [2.45, 2.75) is 13.3 Å². The minimum atomic E-state index is -0.429. The zero-order valence-corrected chi connectivity index (χ0v) is 17.3. The second kappa shape index (κ2) is 13.2. The summed E-state index contributed by atoms with van der Waals surface area (Å²) in [7, 11) is 0. The fraction of sp³-hybridized carbons (Fsp3) is 0.778. The van der Waals surface area contributed by atoms with Crippen molar-refractivity contribution in [3.8, 4) is 0 Å². The molecular weight excluding hydrogens is 378 g/mol. The molecule has 29 heavy (non-hydrogen) atoms. The molecule has 0 aromatic heterocycles. The van der Waals surface area contributed by atoms with E-state index in [1.54, 1.807) is 0 Å². The molecule has 3 amide bonds. The number of rotatable bonds is 8. The van der Waals surface area contributed by atoms with E-state index in [1.165, 1.54) is 6.92 Å². The van der Waals surface area contributed by atoms with Crippen LogP contribution in [0.15, 0.2) is 0 Å². The maximum Gasteiger partial charge on any atom is 0.231 e. The molecule has 0 saturated carbocycles. The first kappa shape index (κ1) is 25.0. The van der Waals surface area contributed by atoms with Crippen LogP contribution in [-0.2, 0) is 19.2 Å². The van der Waals surface area contributed by atoms with Gasteiger partial charge in [-0.2, -0.15) is 0 Å². The maximum atomic E-state index is 11.6. The van der Waals surface area contributed by atoms with Crippen LogP contribution in [0.5, 0.6) is 0 Å². The fourth-order valence-electron chi connectivity index (χ4n) is 3.42. The van der Waals surface area contributed by atoms with Crippen molar-refractivity contribution < 1.29 is 19.2 Å². The zero-order valence-electron chi connectivity index (χ0n) is 17.3. The molecule has 11 nitrogen and oxygen atoms in total. The highest BCUT2D eigenvalue weighted by atomic mass is 16.2. The monoisotopic (exact) mass is 413 g/mol. The first-order chi connectivity index (χ1) is 13.7. The highest BCUT2D eigenvalue weighted by molar-refractivity contribution is 5.78. The van der Waals surface area contributed by atoms with Crippen LogP contribution in [0.25, 0.3) is 0 Å². The lowest BCUT2D eigenvalue weighted by Gasteiger charge is -2.28. The molecule has 0 unspecified atom stereocenters. The summed E-state index contributed by atoms with van der Waals surface area (Å²) in [6.07, 6.45) is 0.725. The first-order valence-electron chi connectivity index (χ1n) is 9.89. The number of primary amides is 3. The summed E-state index contributed by atoms with van der Waals surface area (Å²) >= 11 is 0. The Bertz CT molecular complexity index is 524. The van der Waals surface area contributed by atoms with Crippen LogP contribution in [0.4, 0.5) is 0 Å². The second-order valence-electron chi connectivity index (χ2n) is 7.56. The van der Waals surface area contributed by atoms with Gasteiger partial charge in [-0.25, -0.2) is 0 Å². The van der Waals surface area contributed by atoms with E-state index in [-0.39, 0.29) is 25.4 Å². The highest BCUT2D eigenvalue weighted by Crippen LogP contribution is 2.02. The molecule has 1 saturated heterocycles. The van der Waals surface area contributed by atoms with E-state index in [1.807, 2.05) is 19.6 Å². The van der Waals surface area contributed by atoms with Gasteiger partial charge in [-0.3, -0.25) is 38.8 Å². The highest BCUT2D eigenvalue weighted by Gasteiger charge is 2.18. The van der Waals surface area contributed by atoms with Crippen molar-refractivity contribution in [1.82, 2.24) is 19.6 Å². The minimum absolute atomic E-state index is 0.0462. The average molecular weight is 414 g/mol. The molecule has 1 fully saturated rings. The lowest BCUT2D eigenvalue weighted by molar-refractivity contribution is -0.121. The van der Waals surface area contributed by atoms with Crippen molar-refractivity contribution in [2.75, 3.05) is 78.5 Å². The number of nitrogens with zero attached hydrogens (tertiary/aromatic N) is 4. The lowest BCUT2D eigenvalue weighted by atomic mass is 10.3. The van der Waals surface area contributed by atoms with Gasteiger partial charge in [0.05, 0.1) is 26.2 Å². The Morgan fingerprint density at radius 2 is 0.828 bits per heavy atom. The van der Waals surface area contributed by atoms with E-state index in [0.29, 0.717) is 58.9 Å². The SMILES string of the molecule is CC(=O)CN1CCN(CC(N)=O)CCCN(CC(N)=O)CCN(CC(N)=O)CC1. The van der Waals surface area contributed by atoms with E-state index < -0.39 is 17.7 Å². The van der Waals surface area contributed by atoms with Crippen molar-refractivity contribution >= 4 is 23.5 Å². The Hall–Kier alpha value is -2.08. The summed E-state index contributed by atoms with van der Waals surface area (Å²) < 4.78 is 0. The Balaban J connectivity index is 2.92. The molecular formula is C18H35N7O4. The van der Waals surface area contributed by atoms with Crippen molar-refractivity contribution in [3.63, 3.8) is 0 Å². The third-order valence-corrected chi connectivity index (χ3v) is 4.73. The molecule has 166 valence electrons. The van der Waals surface area contributed by atoms with Crippen molar-refractivity contribution in [1.29, 1.82) is 0 Å². The van der Waals surface area contributed by atoms with Crippen LogP contribution >= 0.6 is 0 Å². The maximum absolute atomic E-state index is 11.6. The van der Waals surface area contributed by atoms with Crippen LogP contribution in [0.1, 0.15) is 13.3 Å². The quantitative estimate of drug-likeness (QED) is 0.372. The molecule has 0 aromatic rings. The number of hydrogen-bond donors (Lipinski definition) is 3. The molecule has 0 bridgehead atoms. The fourth-order valence-corrected chi connectivity index (χ4v) is 3.42. The molecule has 0 spiro atoms. The van der Waals surface area contributed by atoms with Gasteiger partial charge in [-0.1, -0.05) is 0 Å².